The number of carbonyl (C=O) groups excluding carboxylic acids is 1. The van der Waals surface area contributed by atoms with Gasteiger partial charge in [0.1, 0.15) is 0 Å². The lowest BCUT2D eigenvalue weighted by Gasteiger charge is -2.17. The van der Waals surface area contributed by atoms with Gasteiger partial charge in [0.25, 0.3) is 5.91 Å². The molecule has 1 aromatic heterocycles. The Balaban J connectivity index is 2.09. The van der Waals surface area contributed by atoms with E-state index in [0.717, 1.165) is 5.56 Å². The van der Waals surface area contributed by atoms with Crippen molar-refractivity contribution in [2.75, 3.05) is 5.32 Å². The highest BCUT2D eigenvalue weighted by atomic mass is 32.2. The second-order valence-electron chi connectivity index (χ2n) is 6.23. The van der Waals surface area contributed by atoms with E-state index in [2.05, 4.69) is 5.32 Å². The van der Waals surface area contributed by atoms with Gasteiger partial charge in [0.05, 0.1) is 0 Å². The lowest BCUT2D eigenvalue weighted by atomic mass is 10.2. The summed E-state index contributed by atoms with van der Waals surface area (Å²) in [7, 11) is -1.04. The molecule has 1 amide bonds. The fourth-order valence-corrected chi connectivity index (χ4v) is 2.79. The molecule has 0 spiro atoms. The van der Waals surface area contributed by atoms with E-state index in [1.807, 2.05) is 26.8 Å². The van der Waals surface area contributed by atoms with E-state index in [1.54, 1.807) is 18.2 Å². The van der Waals surface area contributed by atoms with Gasteiger partial charge in [-0.1, -0.05) is 12.1 Å². The Morgan fingerprint density at radius 3 is 2.42 bits per heavy atom. The number of carboxylic acid groups (broad SMARTS) is 1. The van der Waals surface area contributed by atoms with Gasteiger partial charge in [0.15, 0.2) is 5.76 Å². The maximum atomic E-state index is 12.2. The Morgan fingerprint density at radius 1 is 1.17 bits per heavy atom. The lowest BCUT2D eigenvalue weighted by Crippen LogP contribution is -2.23. The number of aromatic carboxylic acids is 1. The minimum atomic E-state index is -1.24. The number of hydrogen-bond acceptors (Lipinski definition) is 4. The smallest absolute Gasteiger partial charge is 0.371 e. The number of anilines is 1. The van der Waals surface area contributed by atoms with Crippen LogP contribution in [0.4, 0.5) is 5.69 Å². The molecule has 2 rings (SSSR count). The first-order chi connectivity index (χ1) is 11.2. The van der Waals surface area contributed by atoms with Gasteiger partial charge in [0.2, 0.25) is 5.76 Å². The molecule has 0 radical (unpaired) electrons. The fraction of sp³-hybridized carbons (Fsp3) is 0.294. The van der Waals surface area contributed by atoms with Crippen molar-refractivity contribution in [3.05, 3.63) is 53.5 Å². The topological polar surface area (TPSA) is 96.6 Å². The van der Waals surface area contributed by atoms with Crippen LogP contribution in [0, 0.1) is 0 Å². The Hall–Kier alpha value is -2.41. The van der Waals surface area contributed by atoms with Gasteiger partial charge >= 0.3 is 5.97 Å². The van der Waals surface area contributed by atoms with Gasteiger partial charge in [-0.05, 0) is 50.6 Å². The molecule has 0 saturated carbocycles. The van der Waals surface area contributed by atoms with Crippen molar-refractivity contribution in [2.45, 2.75) is 31.3 Å². The van der Waals surface area contributed by atoms with Crippen molar-refractivity contribution < 1.29 is 23.3 Å². The number of hydrogen-bond donors (Lipinski definition) is 2. The molecule has 0 saturated heterocycles. The Kier molecular flexibility index (Phi) is 5.23. The first kappa shape index (κ1) is 17.9. The second kappa shape index (κ2) is 7.00. The maximum Gasteiger partial charge on any atom is 0.371 e. The monoisotopic (exact) mass is 349 g/mol. The predicted molar refractivity (Wildman–Crippen MR) is 91.7 cm³/mol. The van der Waals surface area contributed by atoms with Crippen molar-refractivity contribution >= 4 is 28.4 Å². The van der Waals surface area contributed by atoms with E-state index in [4.69, 9.17) is 9.52 Å². The third-order valence-corrected chi connectivity index (χ3v) is 5.17. The largest absolute Gasteiger partial charge is 0.475 e. The van der Waals surface area contributed by atoms with Gasteiger partial charge < -0.3 is 14.8 Å². The Labute approximate surface area is 142 Å². The maximum absolute atomic E-state index is 12.2. The summed E-state index contributed by atoms with van der Waals surface area (Å²) in [6.45, 7) is 5.73. The first-order valence-electron chi connectivity index (χ1n) is 7.29. The van der Waals surface area contributed by atoms with E-state index >= 15 is 0 Å². The number of rotatable bonds is 5. The number of carbonyl (C=O) groups is 2. The first-order valence-corrected chi connectivity index (χ1v) is 8.60. The van der Waals surface area contributed by atoms with Gasteiger partial charge in [0, 0.05) is 27.0 Å². The second-order valence-corrected chi connectivity index (χ2v) is 8.43. The highest BCUT2D eigenvalue weighted by molar-refractivity contribution is 7.85. The summed E-state index contributed by atoms with van der Waals surface area (Å²) >= 11 is 0. The highest BCUT2D eigenvalue weighted by Gasteiger charge is 2.20. The average molecular weight is 349 g/mol. The van der Waals surface area contributed by atoms with Crippen molar-refractivity contribution in [1.82, 2.24) is 0 Å². The van der Waals surface area contributed by atoms with Crippen molar-refractivity contribution in [2.24, 2.45) is 0 Å². The van der Waals surface area contributed by atoms with E-state index in [1.165, 1.54) is 12.1 Å². The molecule has 128 valence electrons. The molecule has 0 bridgehead atoms. The molecule has 0 aliphatic heterocycles. The number of furan rings is 1. The van der Waals surface area contributed by atoms with Crippen LogP contribution in [-0.2, 0) is 16.6 Å². The molecule has 7 heteroatoms. The molecule has 1 heterocycles. The molecular formula is C17H19NO5S. The summed E-state index contributed by atoms with van der Waals surface area (Å²) < 4.78 is 16.8. The SMILES string of the molecule is CC(C)(C)S(=O)Cc1cccc(NC(=O)c2ccc(C(=O)O)o2)c1. The third kappa shape index (κ3) is 4.55. The molecule has 2 aromatic rings. The van der Waals surface area contributed by atoms with Crippen LogP contribution < -0.4 is 5.32 Å². The zero-order valence-electron chi connectivity index (χ0n) is 13.7. The molecule has 0 aliphatic rings. The van der Waals surface area contributed by atoms with E-state index in [0.29, 0.717) is 11.4 Å². The van der Waals surface area contributed by atoms with Gasteiger partial charge in [-0.25, -0.2) is 4.79 Å². The minimum Gasteiger partial charge on any atom is -0.475 e. The van der Waals surface area contributed by atoms with Crippen molar-refractivity contribution in [3.63, 3.8) is 0 Å². The van der Waals surface area contributed by atoms with Crippen LogP contribution in [0.25, 0.3) is 0 Å². The van der Waals surface area contributed by atoms with Crippen LogP contribution >= 0.6 is 0 Å². The normalized spacial score (nSPS) is 12.6. The lowest BCUT2D eigenvalue weighted by molar-refractivity contribution is 0.0660. The number of carboxylic acids is 1. The Morgan fingerprint density at radius 2 is 1.83 bits per heavy atom. The molecule has 6 nitrogen and oxygen atoms in total. The molecule has 2 N–H and O–H groups in total. The zero-order valence-corrected chi connectivity index (χ0v) is 14.5. The molecule has 1 unspecified atom stereocenters. The van der Waals surface area contributed by atoms with Gasteiger partial charge in [-0.2, -0.15) is 0 Å². The summed E-state index contributed by atoms with van der Waals surface area (Å²) in [4.78, 5) is 22.9. The molecule has 24 heavy (non-hydrogen) atoms. The third-order valence-electron chi connectivity index (χ3n) is 3.21. The van der Waals surface area contributed by atoms with Gasteiger partial charge in [-0.15, -0.1) is 0 Å². The summed E-state index contributed by atoms with van der Waals surface area (Å²) in [5.74, 6) is -1.78. The molecule has 1 aromatic carbocycles. The van der Waals surface area contributed by atoms with Crippen LogP contribution in [0.1, 0.15) is 47.4 Å². The van der Waals surface area contributed by atoms with Crippen molar-refractivity contribution in [3.8, 4) is 0 Å². The molecule has 0 aliphatic carbocycles. The summed E-state index contributed by atoms with van der Waals surface area (Å²) in [6, 6.07) is 9.56. The quantitative estimate of drug-likeness (QED) is 0.863. The number of nitrogens with one attached hydrogen (secondary N) is 1. The summed E-state index contributed by atoms with van der Waals surface area (Å²) in [6.07, 6.45) is 0. The molecule has 0 fully saturated rings. The van der Waals surface area contributed by atoms with E-state index in [-0.39, 0.29) is 16.3 Å². The number of benzene rings is 1. The zero-order chi connectivity index (χ0) is 17.9. The Bertz CT molecular complexity index is 788. The van der Waals surface area contributed by atoms with Crippen LogP contribution in [0.3, 0.4) is 0 Å². The number of amides is 1. The van der Waals surface area contributed by atoms with Crippen molar-refractivity contribution in [1.29, 1.82) is 0 Å². The van der Waals surface area contributed by atoms with Gasteiger partial charge in [-0.3, -0.25) is 9.00 Å². The minimum absolute atomic E-state index is 0.0870. The molecule has 1 atom stereocenters. The average Bonchev–Trinajstić information content (AvgIpc) is 2.96. The highest BCUT2D eigenvalue weighted by Crippen LogP contribution is 2.19. The van der Waals surface area contributed by atoms with Crippen LogP contribution in [0.15, 0.2) is 40.8 Å². The van der Waals surface area contributed by atoms with Crippen LogP contribution in [-0.4, -0.2) is 25.9 Å². The molecular weight excluding hydrogens is 330 g/mol. The summed E-state index contributed by atoms with van der Waals surface area (Å²) in [5.41, 5.74) is 1.36. The van der Waals surface area contributed by atoms with Crippen LogP contribution in [0.2, 0.25) is 0 Å². The van der Waals surface area contributed by atoms with E-state index in [9.17, 15) is 13.8 Å². The standard InChI is InChI=1S/C17H19NO5S/c1-17(2,3)24(22)10-11-5-4-6-12(9-11)18-15(19)13-7-8-14(23-13)16(20)21/h4-9H,10H2,1-3H3,(H,18,19)(H,20,21). The van der Waals surface area contributed by atoms with E-state index < -0.39 is 22.7 Å². The van der Waals surface area contributed by atoms with Crippen LogP contribution in [0.5, 0.6) is 0 Å². The summed E-state index contributed by atoms with van der Waals surface area (Å²) in [5, 5.41) is 11.4. The fourth-order valence-electron chi connectivity index (χ4n) is 1.87. The predicted octanol–water partition coefficient (Wildman–Crippen LogP) is 3.28.